The molecule has 0 spiro atoms. The van der Waals surface area contributed by atoms with Gasteiger partial charge in [0.05, 0.1) is 12.6 Å². The normalized spacial score (nSPS) is 28.3. The number of amides is 3. The molecular weight excluding hydrogens is 335 g/mol. The van der Waals surface area contributed by atoms with Gasteiger partial charge < -0.3 is 5.32 Å². The number of carbonyl (C=O) groups excluding carboxylic acids is 2. The van der Waals surface area contributed by atoms with Crippen LogP contribution in [0.25, 0.3) is 0 Å². The fourth-order valence-electron chi connectivity index (χ4n) is 3.44. The summed E-state index contributed by atoms with van der Waals surface area (Å²) in [5.41, 5.74) is -0.556. The maximum absolute atomic E-state index is 12.9. The van der Waals surface area contributed by atoms with Crippen LogP contribution >= 0.6 is 0 Å². The summed E-state index contributed by atoms with van der Waals surface area (Å²) < 4.78 is 38.8. The molecule has 136 valence electrons. The Labute approximate surface area is 143 Å². The monoisotopic (exact) mass is 355 g/mol. The molecule has 0 saturated carbocycles. The van der Waals surface area contributed by atoms with Crippen molar-refractivity contribution in [3.8, 4) is 0 Å². The molecule has 5 nitrogen and oxygen atoms in total. The minimum absolute atomic E-state index is 0.0852. The van der Waals surface area contributed by atoms with E-state index < -0.39 is 29.6 Å². The van der Waals surface area contributed by atoms with Gasteiger partial charge in [0, 0.05) is 6.54 Å². The number of rotatable bonds is 3. The third-order valence-electron chi connectivity index (χ3n) is 4.94. The van der Waals surface area contributed by atoms with Crippen LogP contribution in [-0.4, -0.2) is 47.7 Å². The van der Waals surface area contributed by atoms with Crippen molar-refractivity contribution in [3.05, 3.63) is 35.9 Å². The minimum Gasteiger partial charge on any atom is -0.319 e. The van der Waals surface area contributed by atoms with Crippen LogP contribution in [0.1, 0.15) is 25.3 Å². The standard InChI is InChI=1S/C17H20F3N3O2/c1-16(12-6-3-2-4-7-12)14(24)23(15(25)21-16)11-22-9-5-8-13(10-22)17(18,19)20/h2-4,6-7,13H,5,8-11H2,1H3,(H,21,25)/t13-,16+/m1/s1. The van der Waals surface area contributed by atoms with Crippen LogP contribution in [0.5, 0.6) is 0 Å². The number of likely N-dealkylation sites (tertiary alicyclic amines) is 1. The molecular formula is C17H20F3N3O2. The predicted molar refractivity (Wildman–Crippen MR) is 84.4 cm³/mol. The zero-order valence-corrected chi connectivity index (χ0v) is 13.8. The zero-order chi connectivity index (χ0) is 18.2. The van der Waals surface area contributed by atoms with E-state index in [1.165, 1.54) is 4.90 Å². The van der Waals surface area contributed by atoms with Gasteiger partial charge in [-0.05, 0) is 31.9 Å². The lowest BCUT2D eigenvalue weighted by Crippen LogP contribution is -2.48. The first kappa shape index (κ1) is 17.7. The van der Waals surface area contributed by atoms with Gasteiger partial charge in [0.1, 0.15) is 5.54 Å². The van der Waals surface area contributed by atoms with Crippen LogP contribution in [0.3, 0.4) is 0 Å². The van der Waals surface area contributed by atoms with E-state index in [0.29, 0.717) is 18.5 Å². The van der Waals surface area contributed by atoms with E-state index in [2.05, 4.69) is 5.32 Å². The Kier molecular flexibility index (Phi) is 4.49. The van der Waals surface area contributed by atoms with Crippen molar-refractivity contribution in [3.63, 3.8) is 0 Å². The molecule has 2 saturated heterocycles. The van der Waals surface area contributed by atoms with E-state index in [-0.39, 0.29) is 19.6 Å². The molecule has 2 fully saturated rings. The van der Waals surface area contributed by atoms with Gasteiger partial charge in [0.25, 0.3) is 5.91 Å². The van der Waals surface area contributed by atoms with Crippen molar-refractivity contribution in [2.45, 2.75) is 31.5 Å². The second kappa shape index (κ2) is 6.33. The highest BCUT2D eigenvalue weighted by molar-refractivity contribution is 6.07. The molecule has 2 heterocycles. The van der Waals surface area contributed by atoms with Crippen LogP contribution in [0.2, 0.25) is 0 Å². The average Bonchev–Trinajstić information content (AvgIpc) is 2.80. The SMILES string of the molecule is C[C@@]1(c2ccccc2)NC(=O)N(CN2CCC[C@@H](C(F)(F)F)C2)C1=O. The van der Waals surface area contributed by atoms with Crippen LogP contribution < -0.4 is 5.32 Å². The second-order valence-electron chi connectivity index (χ2n) is 6.75. The van der Waals surface area contributed by atoms with Gasteiger partial charge >= 0.3 is 12.2 Å². The summed E-state index contributed by atoms with van der Waals surface area (Å²) in [5.74, 6) is -1.86. The van der Waals surface area contributed by atoms with Gasteiger partial charge in [0.2, 0.25) is 0 Å². The number of imide groups is 1. The Morgan fingerprint density at radius 3 is 2.56 bits per heavy atom. The molecule has 0 aliphatic carbocycles. The summed E-state index contributed by atoms with van der Waals surface area (Å²) in [5, 5.41) is 2.67. The first-order valence-electron chi connectivity index (χ1n) is 8.20. The van der Waals surface area contributed by atoms with Crippen molar-refractivity contribution >= 4 is 11.9 Å². The minimum atomic E-state index is -4.26. The second-order valence-corrected chi connectivity index (χ2v) is 6.75. The molecule has 0 radical (unpaired) electrons. The number of piperidine rings is 1. The third-order valence-corrected chi connectivity index (χ3v) is 4.94. The number of nitrogens with zero attached hydrogens (tertiary/aromatic N) is 2. The molecule has 3 rings (SSSR count). The number of halogens is 3. The fourth-order valence-corrected chi connectivity index (χ4v) is 3.44. The molecule has 1 aromatic rings. The largest absolute Gasteiger partial charge is 0.393 e. The van der Waals surface area contributed by atoms with Crippen molar-refractivity contribution < 1.29 is 22.8 Å². The molecule has 2 atom stereocenters. The van der Waals surface area contributed by atoms with Gasteiger partial charge in [0.15, 0.2) is 0 Å². The fraction of sp³-hybridized carbons (Fsp3) is 0.529. The maximum Gasteiger partial charge on any atom is 0.393 e. The smallest absolute Gasteiger partial charge is 0.319 e. The van der Waals surface area contributed by atoms with E-state index >= 15 is 0 Å². The summed E-state index contributed by atoms with van der Waals surface area (Å²) >= 11 is 0. The summed E-state index contributed by atoms with van der Waals surface area (Å²) in [6, 6.07) is 8.23. The lowest BCUT2D eigenvalue weighted by Gasteiger charge is -2.35. The first-order chi connectivity index (χ1) is 11.7. The average molecular weight is 355 g/mol. The number of urea groups is 1. The number of hydrogen-bond donors (Lipinski definition) is 1. The summed E-state index contributed by atoms with van der Waals surface area (Å²) in [6.07, 6.45) is -3.78. The number of hydrogen-bond acceptors (Lipinski definition) is 3. The van der Waals surface area contributed by atoms with E-state index in [1.807, 2.05) is 0 Å². The van der Waals surface area contributed by atoms with Gasteiger partial charge in [-0.1, -0.05) is 30.3 Å². The molecule has 1 N–H and O–H groups in total. The molecule has 0 unspecified atom stereocenters. The summed E-state index contributed by atoms with van der Waals surface area (Å²) in [6.45, 7) is 1.73. The predicted octanol–water partition coefficient (Wildman–Crippen LogP) is 2.69. The Hall–Kier alpha value is -2.09. The number of carbonyl (C=O) groups is 2. The molecule has 2 aliphatic rings. The number of alkyl halides is 3. The maximum atomic E-state index is 12.9. The van der Waals surface area contributed by atoms with E-state index in [1.54, 1.807) is 37.3 Å². The number of benzene rings is 1. The first-order valence-corrected chi connectivity index (χ1v) is 8.20. The van der Waals surface area contributed by atoms with Gasteiger partial charge in [-0.3, -0.25) is 9.69 Å². The Morgan fingerprint density at radius 2 is 1.92 bits per heavy atom. The molecule has 8 heteroatoms. The molecule has 25 heavy (non-hydrogen) atoms. The van der Waals surface area contributed by atoms with E-state index in [4.69, 9.17) is 0 Å². The van der Waals surface area contributed by atoms with Crippen LogP contribution in [0.15, 0.2) is 30.3 Å². The summed E-state index contributed by atoms with van der Waals surface area (Å²) in [7, 11) is 0. The van der Waals surface area contributed by atoms with Crippen molar-refractivity contribution in [1.29, 1.82) is 0 Å². The highest BCUT2D eigenvalue weighted by Gasteiger charge is 2.50. The highest BCUT2D eigenvalue weighted by Crippen LogP contribution is 2.34. The van der Waals surface area contributed by atoms with Crippen LogP contribution in [0, 0.1) is 5.92 Å². The molecule has 2 aliphatic heterocycles. The topological polar surface area (TPSA) is 52.7 Å². The summed E-state index contributed by atoms with van der Waals surface area (Å²) in [4.78, 5) is 27.6. The lowest BCUT2D eigenvalue weighted by atomic mass is 9.92. The number of nitrogens with one attached hydrogen (secondary N) is 1. The van der Waals surface area contributed by atoms with E-state index in [0.717, 1.165) is 4.90 Å². The third kappa shape index (κ3) is 3.35. The van der Waals surface area contributed by atoms with Crippen LogP contribution in [-0.2, 0) is 10.3 Å². The lowest BCUT2D eigenvalue weighted by molar-refractivity contribution is -0.187. The van der Waals surface area contributed by atoms with Gasteiger partial charge in [-0.25, -0.2) is 9.69 Å². The van der Waals surface area contributed by atoms with Gasteiger partial charge in [-0.15, -0.1) is 0 Å². The Morgan fingerprint density at radius 1 is 1.24 bits per heavy atom. The van der Waals surface area contributed by atoms with Crippen molar-refractivity contribution in [1.82, 2.24) is 15.1 Å². The van der Waals surface area contributed by atoms with Crippen LogP contribution in [0.4, 0.5) is 18.0 Å². The van der Waals surface area contributed by atoms with Gasteiger partial charge in [-0.2, -0.15) is 13.2 Å². The Balaban J connectivity index is 1.73. The molecule has 0 aromatic heterocycles. The molecule has 3 amide bonds. The van der Waals surface area contributed by atoms with Crippen molar-refractivity contribution in [2.24, 2.45) is 5.92 Å². The van der Waals surface area contributed by atoms with Crippen molar-refractivity contribution in [2.75, 3.05) is 19.8 Å². The Bertz CT molecular complexity index is 665. The highest BCUT2D eigenvalue weighted by atomic mass is 19.4. The van der Waals surface area contributed by atoms with E-state index in [9.17, 15) is 22.8 Å². The zero-order valence-electron chi connectivity index (χ0n) is 13.8. The molecule has 1 aromatic carbocycles. The molecule has 0 bridgehead atoms. The quantitative estimate of drug-likeness (QED) is 0.849.